The summed E-state index contributed by atoms with van der Waals surface area (Å²) in [4.78, 5) is 23.3. The molecule has 0 bridgehead atoms. The Morgan fingerprint density at radius 3 is 2.29 bits per heavy atom. The van der Waals surface area contributed by atoms with Gasteiger partial charge < -0.3 is 10.2 Å². The van der Waals surface area contributed by atoms with Crippen LogP contribution in [0, 0.1) is 25.5 Å². The molecule has 0 atom stereocenters. The van der Waals surface area contributed by atoms with Gasteiger partial charge >= 0.3 is 0 Å². The molecule has 0 aliphatic carbocycles. The van der Waals surface area contributed by atoms with Gasteiger partial charge in [-0.05, 0) is 44.9 Å². The molecular weight excluding hydrogens is 314 g/mol. The molecule has 1 saturated heterocycles. The van der Waals surface area contributed by atoms with Gasteiger partial charge in [0, 0.05) is 18.7 Å². The first kappa shape index (κ1) is 16.3. The zero-order valence-corrected chi connectivity index (χ0v) is 13.6. The van der Waals surface area contributed by atoms with E-state index < -0.39 is 17.5 Å². The molecule has 0 unspecified atom stereocenters. The maximum Gasteiger partial charge on any atom is 0.255 e. The summed E-state index contributed by atoms with van der Waals surface area (Å²) in [6, 6.07) is 3.03. The Labute approximate surface area is 138 Å². The molecule has 1 aromatic carbocycles. The lowest BCUT2D eigenvalue weighted by molar-refractivity contribution is 0.102. The number of halogens is 2. The first-order valence-corrected chi connectivity index (χ1v) is 7.82. The van der Waals surface area contributed by atoms with Gasteiger partial charge in [-0.1, -0.05) is 0 Å². The number of anilines is 2. The monoisotopic (exact) mass is 332 g/mol. The number of rotatable bonds is 3. The predicted octanol–water partition coefficient (Wildman–Crippen LogP) is 3.22. The zero-order valence-electron chi connectivity index (χ0n) is 13.6. The van der Waals surface area contributed by atoms with E-state index in [-0.39, 0.29) is 5.56 Å². The summed E-state index contributed by atoms with van der Waals surface area (Å²) in [6.07, 6.45) is 2.24. The van der Waals surface area contributed by atoms with E-state index in [1.54, 1.807) is 13.8 Å². The third kappa shape index (κ3) is 3.20. The van der Waals surface area contributed by atoms with Crippen LogP contribution in [-0.4, -0.2) is 29.0 Å². The lowest BCUT2D eigenvalue weighted by Gasteiger charge is -2.18. The van der Waals surface area contributed by atoms with E-state index in [9.17, 15) is 13.6 Å². The first-order chi connectivity index (χ1) is 11.5. The highest BCUT2D eigenvalue weighted by Gasteiger charge is 2.19. The maximum absolute atomic E-state index is 13.3. The Bertz CT molecular complexity index is 765. The van der Waals surface area contributed by atoms with Gasteiger partial charge in [0.25, 0.3) is 5.91 Å². The second-order valence-corrected chi connectivity index (χ2v) is 5.85. The fourth-order valence-corrected chi connectivity index (χ4v) is 2.76. The van der Waals surface area contributed by atoms with E-state index in [4.69, 9.17) is 0 Å². The van der Waals surface area contributed by atoms with Crippen molar-refractivity contribution in [3.8, 4) is 0 Å². The molecule has 1 fully saturated rings. The third-order valence-electron chi connectivity index (χ3n) is 4.07. The van der Waals surface area contributed by atoms with E-state index >= 15 is 0 Å². The number of carbonyl (C=O) groups excluding carboxylic acids is 1. The van der Waals surface area contributed by atoms with Crippen LogP contribution in [0.5, 0.6) is 0 Å². The van der Waals surface area contributed by atoms with E-state index in [1.165, 1.54) is 6.07 Å². The molecule has 0 radical (unpaired) electrons. The van der Waals surface area contributed by atoms with Crippen molar-refractivity contribution in [1.82, 2.24) is 9.97 Å². The molecule has 0 saturated carbocycles. The van der Waals surface area contributed by atoms with Gasteiger partial charge in [0.05, 0.1) is 17.1 Å². The minimum absolute atomic E-state index is 0.0383. The van der Waals surface area contributed by atoms with Crippen molar-refractivity contribution in [1.29, 1.82) is 0 Å². The number of carbonyl (C=O) groups is 1. The van der Waals surface area contributed by atoms with Gasteiger partial charge in [-0.15, -0.1) is 0 Å². The lowest BCUT2D eigenvalue weighted by atomic mass is 10.2. The highest BCUT2D eigenvalue weighted by Crippen LogP contribution is 2.23. The van der Waals surface area contributed by atoms with Gasteiger partial charge in [-0.25, -0.2) is 18.7 Å². The topological polar surface area (TPSA) is 58.1 Å². The SMILES string of the molecule is Cc1nc(N2CCCC2)nc(C)c1NC(=O)c1ccc(F)c(F)c1. The van der Waals surface area contributed by atoms with Crippen LogP contribution in [0.2, 0.25) is 0 Å². The Morgan fingerprint density at radius 2 is 1.71 bits per heavy atom. The second-order valence-electron chi connectivity index (χ2n) is 5.85. The molecular formula is C17H18F2N4O. The van der Waals surface area contributed by atoms with Crippen LogP contribution in [0.25, 0.3) is 0 Å². The third-order valence-corrected chi connectivity index (χ3v) is 4.07. The van der Waals surface area contributed by atoms with E-state index in [2.05, 4.69) is 20.2 Å². The van der Waals surface area contributed by atoms with E-state index in [0.717, 1.165) is 38.1 Å². The number of nitrogens with zero attached hydrogens (tertiary/aromatic N) is 3. The fraction of sp³-hybridized carbons (Fsp3) is 0.353. The van der Waals surface area contributed by atoms with E-state index in [0.29, 0.717) is 23.0 Å². The van der Waals surface area contributed by atoms with Crippen molar-refractivity contribution >= 4 is 17.5 Å². The molecule has 24 heavy (non-hydrogen) atoms. The largest absolute Gasteiger partial charge is 0.341 e. The van der Waals surface area contributed by atoms with Crippen LogP contribution in [0.4, 0.5) is 20.4 Å². The average Bonchev–Trinajstić information content (AvgIpc) is 3.07. The number of aromatic nitrogens is 2. The molecule has 1 N–H and O–H groups in total. The van der Waals surface area contributed by atoms with Crippen LogP contribution >= 0.6 is 0 Å². The van der Waals surface area contributed by atoms with Crippen molar-refractivity contribution in [3.05, 3.63) is 46.8 Å². The zero-order chi connectivity index (χ0) is 17.3. The maximum atomic E-state index is 13.3. The van der Waals surface area contributed by atoms with Crippen molar-refractivity contribution in [2.45, 2.75) is 26.7 Å². The minimum atomic E-state index is -1.06. The molecule has 0 spiro atoms. The predicted molar refractivity (Wildman–Crippen MR) is 87.3 cm³/mol. The molecule has 2 aromatic rings. The van der Waals surface area contributed by atoms with Crippen LogP contribution < -0.4 is 10.2 Å². The van der Waals surface area contributed by atoms with Gasteiger partial charge in [-0.2, -0.15) is 0 Å². The number of nitrogens with one attached hydrogen (secondary N) is 1. The van der Waals surface area contributed by atoms with Crippen molar-refractivity contribution in [2.24, 2.45) is 0 Å². The Morgan fingerprint density at radius 1 is 1.08 bits per heavy atom. The summed E-state index contributed by atoms with van der Waals surface area (Å²) in [5.74, 6) is -1.92. The number of amides is 1. The molecule has 2 heterocycles. The summed E-state index contributed by atoms with van der Waals surface area (Å²) >= 11 is 0. The van der Waals surface area contributed by atoms with Crippen molar-refractivity contribution < 1.29 is 13.6 Å². The summed E-state index contributed by atoms with van der Waals surface area (Å²) in [6.45, 7) is 5.43. The minimum Gasteiger partial charge on any atom is -0.341 e. The quantitative estimate of drug-likeness (QED) is 0.937. The van der Waals surface area contributed by atoms with Crippen molar-refractivity contribution in [2.75, 3.05) is 23.3 Å². The molecule has 126 valence electrons. The smallest absolute Gasteiger partial charge is 0.255 e. The summed E-state index contributed by atoms with van der Waals surface area (Å²) in [5.41, 5.74) is 1.81. The number of benzene rings is 1. The molecule has 3 rings (SSSR count). The lowest BCUT2D eigenvalue weighted by Crippen LogP contribution is -2.22. The Kier molecular flexibility index (Phi) is 4.42. The number of hydrogen-bond acceptors (Lipinski definition) is 4. The van der Waals surface area contributed by atoms with Crippen molar-refractivity contribution in [3.63, 3.8) is 0 Å². The Balaban J connectivity index is 1.83. The normalized spacial score (nSPS) is 14.1. The van der Waals surface area contributed by atoms with Gasteiger partial charge in [0.1, 0.15) is 0 Å². The summed E-state index contributed by atoms with van der Waals surface area (Å²) in [5, 5.41) is 2.69. The Hall–Kier alpha value is -2.57. The van der Waals surface area contributed by atoms with E-state index in [1.807, 2.05) is 0 Å². The standard InChI is InChI=1S/C17H18F2N4O/c1-10-15(11(2)21-17(20-10)23-7-3-4-8-23)22-16(24)12-5-6-13(18)14(19)9-12/h5-6,9H,3-4,7-8H2,1-2H3,(H,22,24). The molecule has 1 amide bonds. The van der Waals surface area contributed by atoms with Crippen LogP contribution in [0.15, 0.2) is 18.2 Å². The van der Waals surface area contributed by atoms with Crippen LogP contribution in [0.1, 0.15) is 34.6 Å². The van der Waals surface area contributed by atoms with Gasteiger partial charge in [-0.3, -0.25) is 4.79 Å². The second kappa shape index (κ2) is 6.51. The van der Waals surface area contributed by atoms with Crippen LogP contribution in [0.3, 0.4) is 0 Å². The highest BCUT2D eigenvalue weighted by molar-refractivity contribution is 6.04. The summed E-state index contributed by atoms with van der Waals surface area (Å²) < 4.78 is 26.3. The molecule has 1 aliphatic heterocycles. The summed E-state index contributed by atoms with van der Waals surface area (Å²) in [7, 11) is 0. The fourth-order valence-electron chi connectivity index (χ4n) is 2.76. The number of aryl methyl sites for hydroxylation is 2. The number of hydrogen-bond donors (Lipinski definition) is 1. The van der Waals surface area contributed by atoms with Gasteiger partial charge in [0.2, 0.25) is 5.95 Å². The highest BCUT2D eigenvalue weighted by atomic mass is 19.2. The average molecular weight is 332 g/mol. The molecule has 1 aromatic heterocycles. The molecule has 5 nitrogen and oxygen atoms in total. The van der Waals surface area contributed by atoms with Crippen LogP contribution in [-0.2, 0) is 0 Å². The molecule has 1 aliphatic rings. The van der Waals surface area contributed by atoms with Gasteiger partial charge in [0.15, 0.2) is 11.6 Å². The first-order valence-electron chi connectivity index (χ1n) is 7.82. The molecule has 7 heteroatoms.